The molecule has 1 heterocycles. The first-order chi connectivity index (χ1) is 13.5. The zero-order valence-electron chi connectivity index (χ0n) is 15.4. The van der Waals surface area contributed by atoms with Crippen LogP contribution in [0.25, 0.3) is 10.6 Å². The van der Waals surface area contributed by atoms with Crippen molar-refractivity contribution in [2.75, 3.05) is 11.9 Å². The molecule has 0 saturated heterocycles. The van der Waals surface area contributed by atoms with Crippen LogP contribution in [0.4, 0.5) is 10.1 Å². The SMILES string of the molecule is CC(=O)Nc1cccc(-c2nc(CC(=O)NCCc3ccc(F)cc3)cs2)c1. The zero-order valence-corrected chi connectivity index (χ0v) is 16.2. The van der Waals surface area contributed by atoms with E-state index in [0.717, 1.165) is 16.1 Å². The predicted octanol–water partition coefficient (Wildman–Crippen LogP) is 3.81. The summed E-state index contributed by atoms with van der Waals surface area (Å²) in [5.41, 5.74) is 3.26. The molecule has 28 heavy (non-hydrogen) atoms. The lowest BCUT2D eigenvalue weighted by Crippen LogP contribution is -2.27. The fraction of sp³-hybridized carbons (Fsp3) is 0.190. The van der Waals surface area contributed by atoms with Crippen LogP contribution >= 0.6 is 11.3 Å². The summed E-state index contributed by atoms with van der Waals surface area (Å²) in [4.78, 5) is 27.8. The average molecular weight is 397 g/mol. The Morgan fingerprint density at radius 2 is 1.93 bits per heavy atom. The number of thiazole rings is 1. The van der Waals surface area contributed by atoms with Gasteiger partial charge in [-0.3, -0.25) is 9.59 Å². The number of nitrogens with one attached hydrogen (secondary N) is 2. The second-order valence-corrected chi connectivity index (χ2v) is 7.17. The topological polar surface area (TPSA) is 71.1 Å². The number of hydrogen-bond acceptors (Lipinski definition) is 4. The maximum absolute atomic E-state index is 12.9. The molecule has 0 saturated carbocycles. The fourth-order valence-electron chi connectivity index (χ4n) is 2.68. The maximum Gasteiger partial charge on any atom is 0.226 e. The first-order valence-electron chi connectivity index (χ1n) is 8.83. The van der Waals surface area contributed by atoms with Gasteiger partial charge in [0, 0.05) is 30.1 Å². The van der Waals surface area contributed by atoms with E-state index in [1.165, 1.54) is 30.4 Å². The number of nitrogens with zero attached hydrogens (tertiary/aromatic N) is 1. The number of carbonyl (C=O) groups is 2. The van der Waals surface area contributed by atoms with Crippen LogP contribution in [0.5, 0.6) is 0 Å². The van der Waals surface area contributed by atoms with Crippen LogP contribution in [0.3, 0.4) is 0 Å². The molecule has 2 N–H and O–H groups in total. The quantitative estimate of drug-likeness (QED) is 0.637. The minimum atomic E-state index is -0.269. The van der Waals surface area contributed by atoms with Gasteiger partial charge < -0.3 is 10.6 Å². The first-order valence-corrected chi connectivity index (χ1v) is 9.71. The second-order valence-electron chi connectivity index (χ2n) is 6.31. The van der Waals surface area contributed by atoms with Crippen LogP contribution in [0.15, 0.2) is 53.9 Å². The summed E-state index contributed by atoms with van der Waals surface area (Å²) in [6.45, 7) is 1.95. The Morgan fingerprint density at radius 1 is 1.14 bits per heavy atom. The van der Waals surface area contributed by atoms with Gasteiger partial charge >= 0.3 is 0 Å². The van der Waals surface area contributed by atoms with Gasteiger partial charge in [-0.25, -0.2) is 9.37 Å². The van der Waals surface area contributed by atoms with Crippen molar-refractivity contribution >= 4 is 28.8 Å². The summed E-state index contributed by atoms with van der Waals surface area (Å²) in [5.74, 6) is -0.505. The predicted molar refractivity (Wildman–Crippen MR) is 109 cm³/mol. The van der Waals surface area contributed by atoms with Gasteiger partial charge in [-0.1, -0.05) is 24.3 Å². The molecule has 0 aliphatic heterocycles. The summed E-state index contributed by atoms with van der Waals surface area (Å²) < 4.78 is 12.9. The summed E-state index contributed by atoms with van der Waals surface area (Å²) in [6, 6.07) is 13.7. The molecule has 3 rings (SSSR count). The van der Waals surface area contributed by atoms with E-state index in [-0.39, 0.29) is 24.1 Å². The Hall–Kier alpha value is -3.06. The lowest BCUT2D eigenvalue weighted by atomic mass is 10.1. The minimum Gasteiger partial charge on any atom is -0.355 e. The molecular formula is C21H20FN3O2S. The highest BCUT2D eigenvalue weighted by molar-refractivity contribution is 7.13. The Morgan fingerprint density at radius 3 is 2.68 bits per heavy atom. The normalized spacial score (nSPS) is 10.5. The van der Waals surface area contributed by atoms with E-state index in [9.17, 15) is 14.0 Å². The van der Waals surface area contributed by atoms with Crippen LogP contribution in [0, 0.1) is 5.82 Å². The fourth-order valence-corrected chi connectivity index (χ4v) is 3.50. The number of carbonyl (C=O) groups excluding carboxylic acids is 2. The molecule has 0 aliphatic carbocycles. The molecule has 0 bridgehead atoms. The van der Waals surface area contributed by atoms with Gasteiger partial charge in [-0.15, -0.1) is 11.3 Å². The van der Waals surface area contributed by atoms with Gasteiger partial charge in [-0.2, -0.15) is 0 Å². The van der Waals surface area contributed by atoms with Gasteiger partial charge in [0.1, 0.15) is 10.8 Å². The van der Waals surface area contributed by atoms with Gasteiger partial charge in [0.25, 0.3) is 0 Å². The Labute approximate surface area is 166 Å². The second kappa shape index (κ2) is 9.23. The number of anilines is 1. The van der Waals surface area contributed by atoms with Gasteiger partial charge in [-0.05, 0) is 36.2 Å². The molecule has 5 nitrogen and oxygen atoms in total. The van der Waals surface area contributed by atoms with Crippen LogP contribution in [0.1, 0.15) is 18.2 Å². The summed E-state index contributed by atoms with van der Waals surface area (Å²) >= 11 is 1.45. The smallest absolute Gasteiger partial charge is 0.226 e. The van der Waals surface area contributed by atoms with E-state index in [4.69, 9.17) is 0 Å². The van der Waals surface area contributed by atoms with Gasteiger partial charge in [0.05, 0.1) is 12.1 Å². The van der Waals surface area contributed by atoms with Crippen LogP contribution in [-0.2, 0) is 22.4 Å². The molecular weight excluding hydrogens is 377 g/mol. The molecule has 3 aromatic rings. The highest BCUT2D eigenvalue weighted by Gasteiger charge is 2.10. The maximum atomic E-state index is 12.9. The van der Waals surface area contributed by atoms with E-state index in [1.54, 1.807) is 12.1 Å². The molecule has 7 heteroatoms. The zero-order chi connectivity index (χ0) is 19.9. The third-order valence-electron chi connectivity index (χ3n) is 3.97. The third-order valence-corrected chi connectivity index (χ3v) is 4.91. The Bertz CT molecular complexity index is 970. The van der Waals surface area contributed by atoms with Crippen molar-refractivity contribution in [1.82, 2.24) is 10.3 Å². The molecule has 0 spiro atoms. The summed E-state index contributed by atoms with van der Waals surface area (Å²) in [5, 5.41) is 8.26. The standard InChI is InChI=1S/C21H20FN3O2S/c1-14(26)24-18-4-2-3-16(11-18)21-25-19(13-28-21)12-20(27)23-10-9-15-5-7-17(22)8-6-15/h2-8,11,13H,9-10,12H2,1H3,(H,23,27)(H,24,26). The molecule has 1 aromatic heterocycles. The molecule has 0 radical (unpaired) electrons. The summed E-state index contributed by atoms with van der Waals surface area (Å²) in [7, 11) is 0. The molecule has 0 fully saturated rings. The van der Waals surface area contributed by atoms with Crippen LogP contribution in [-0.4, -0.2) is 23.3 Å². The lowest BCUT2D eigenvalue weighted by molar-refractivity contribution is -0.120. The van der Waals surface area contributed by atoms with Crippen molar-refractivity contribution in [2.45, 2.75) is 19.8 Å². The number of aromatic nitrogens is 1. The molecule has 144 valence electrons. The number of halogens is 1. The highest BCUT2D eigenvalue weighted by Crippen LogP contribution is 2.26. The largest absolute Gasteiger partial charge is 0.355 e. The average Bonchev–Trinajstić information content (AvgIpc) is 3.11. The number of hydrogen-bond donors (Lipinski definition) is 2. The molecule has 0 unspecified atom stereocenters. The number of rotatable bonds is 7. The monoisotopic (exact) mass is 397 g/mol. The molecule has 0 atom stereocenters. The van der Waals surface area contributed by atoms with E-state index < -0.39 is 0 Å². The van der Waals surface area contributed by atoms with Gasteiger partial charge in [0.2, 0.25) is 11.8 Å². The minimum absolute atomic E-state index is 0.106. The highest BCUT2D eigenvalue weighted by atomic mass is 32.1. The Kier molecular flexibility index (Phi) is 6.49. The van der Waals surface area contributed by atoms with Crippen LogP contribution < -0.4 is 10.6 Å². The molecule has 2 aromatic carbocycles. The van der Waals surface area contributed by atoms with E-state index >= 15 is 0 Å². The van der Waals surface area contributed by atoms with Gasteiger partial charge in [0.15, 0.2) is 0 Å². The van der Waals surface area contributed by atoms with Crippen molar-refractivity contribution in [3.63, 3.8) is 0 Å². The van der Waals surface area contributed by atoms with Crippen molar-refractivity contribution in [1.29, 1.82) is 0 Å². The number of benzene rings is 2. The van der Waals surface area contributed by atoms with Crippen molar-refractivity contribution in [3.05, 3.63) is 71.0 Å². The Balaban J connectivity index is 1.53. The third kappa shape index (κ3) is 5.72. The first kappa shape index (κ1) is 19.7. The van der Waals surface area contributed by atoms with Crippen LogP contribution in [0.2, 0.25) is 0 Å². The summed E-state index contributed by atoms with van der Waals surface area (Å²) in [6.07, 6.45) is 0.843. The molecule has 2 amide bonds. The van der Waals surface area contributed by atoms with E-state index in [1.807, 2.05) is 29.6 Å². The van der Waals surface area contributed by atoms with E-state index in [2.05, 4.69) is 15.6 Å². The van der Waals surface area contributed by atoms with E-state index in [0.29, 0.717) is 24.3 Å². The number of amides is 2. The molecule has 0 aliphatic rings. The van der Waals surface area contributed by atoms with Crippen molar-refractivity contribution in [2.24, 2.45) is 0 Å². The van der Waals surface area contributed by atoms with Crippen molar-refractivity contribution < 1.29 is 14.0 Å². The van der Waals surface area contributed by atoms with Crippen molar-refractivity contribution in [3.8, 4) is 10.6 Å². The lowest BCUT2D eigenvalue weighted by Gasteiger charge is -2.05.